The van der Waals surface area contributed by atoms with Gasteiger partial charge in [0, 0.05) is 44.1 Å². The molecule has 0 radical (unpaired) electrons. The maximum Gasteiger partial charge on any atom is 0.389 e. The van der Waals surface area contributed by atoms with Crippen LogP contribution < -0.4 is 10.2 Å². The average Bonchev–Trinajstić information content (AvgIpc) is 2.86. The minimum Gasteiger partial charge on any atom is -0.478 e. The summed E-state index contributed by atoms with van der Waals surface area (Å²) < 4.78 is 37.5. The number of alkyl halides is 3. The maximum absolute atomic E-state index is 12.5. The third kappa shape index (κ3) is 5.96. The van der Waals surface area contributed by atoms with E-state index >= 15 is 0 Å². The van der Waals surface area contributed by atoms with Crippen molar-refractivity contribution in [2.24, 2.45) is 0 Å². The second kappa shape index (κ2) is 10.6. The molecular formula is C27H29F3N4O2. The number of rotatable bonds is 8. The summed E-state index contributed by atoms with van der Waals surface area (Å²) in [7, 11) is 3.99. The normalized spacial score (nSPS) is 15.9. The van der Waals surface area contributed by atoms with Crippen molar-refractivity contribution in [1.82, 2.24) is 9.88 Å². The van der Waals surface area contributed by atoms with Crippen molar-refractivity contribution in [3.8, 4) is 0 Å². The minimum atomic E-state index is -4.16. The molecule has 3 aromatic rings. The first-order chi connectivity index (χ1) is 17.1. The third-order valence-corrected chi connectivity index (χ3v) is 6.70. The lowest BCUT2D eigenvalue weighted by Crippen LogP contribution is -2.36. The van der Waals surface area contributed by atoms with E-state index in [1.54, 1.807) is 12.1 Å². The molecule has 36 heavy (non-hydrogen) atoms. The number of carboxylic acids is 1. The molecule has 0 bridgehead atoms. The van der Waals surface area contributed by atoms with Gasteiger partial charge in [-0.2, -0.15) is 13.2 Å². The van der Waals surface area contributed by atoms with E-state index in [9.17, 15) is 23.1 Å². The SMILES string of the molecule is CN(c1ccc(CCC(F)(F)F)cc1)c1ccc2c(c1)CCN(C)C2CNc1cnccc1C(=O)O. The molecule has 0 saturated carbocycles. The predicted octanol–water partition coefficient (Wildman–Crippen LogP) is 5.68. The average molecular weight is 499 g/mol. The second-order valence-corrected chi connectivity index (χ2v) is 9.08. The number of hydrogen-bond acceptors (Lipinski definition) is 5. The van der Waals surface area contributed by atoms with E-state index in [0.29, 0.717) is 17.8 Å². The van der Waals surface area contributed by atoms with E-state index in [1.165, 1.54) is 29.6 Å². The number of aromatic nitrogens is 1. The summed E-state index contributed by atoms with van der Waals surface area (Å²) >= 11 is 0. The fourth-order valence-electron chi connectivity index (χ4n) is 4.55. The number of benzene rings is 2. The third-order valence-electron chi connectivity index (χ3n) is 6.70. The Morgan fingerprint density at radius 2 is 1.89 bits per heavy atom. The molecule has 0 spiro atoms. The Morgan fingerprint density at radius 3 is 2.58 bits per heavy atom. The molecule has 2 heterocycles. The van der Waals surface area contributed by atoms with Gasteiger partial charge in [-0.15, -0.1) is 0 Å². The highest BCUT2D eigenvalue weighted by atomic mass is 19.4. The standard InChI is InChI=1S/C27H29F3N4O2/c1-33-14-11-19-15-21(34(2)20-5-3-18(4-6-20)9-12-27(28,29)30)7-8-22(19)25(33)17-32-24-16-31-13-10-23(24)26(35)36/h3-8,10,13,15-16,25,32H,9,11-12,14,17H2,1-2H3,(H,35,36). The molecule has 0 amide bonds. The van der Waals surface area contributed by atoms with Gasteiger partial charge < -0.3 is 15.3 Å². The molecule has 0 aliphatic carbocycles. The van der Waals surface area contributed by atoms with Crippen LogP contribution in [0.4, 0.5) is 30.2 Å². The molecule has 1 aliphatic rings. The van der Waals surface area contributed by atoms with Crippen LogP contribution in [0.2, 0.25) is 0 Å². The molecule has 190 valence electrons. The van der Waals surface area contributed by atoms with Crippen LogP contribution in [0.5, 0.6) is 0 Å². The number of anilines is 3. The number of halogens is 3. The first kappa shape index (κ1) is 25.5. The van der Waals surface area contributed by atoms with Crippen molar-refractivity contribution in [1.29, 1.82) is 0 Å². The number of nitrogens with zero attached hydrogens (tertiary/aromatic N) is 3. The topological polar surface area (TPSA) is 68.7 Å². The summed E-state index contributed by atoms with van der Waals surface area (Å²) in [6, 6.07) is 15.0. The summed E-state index contributed by atoms with van der Waals surface area (Å²) in [5.41, 5.74) is 5.62. The fourth-order valence-corrected chi connectivity index (χ4v) is 4.55. The van der Waals surface area contributed by atoms with Crippen molar-refractivity contribution in [3.05, 3.63) is 83.2 Å². The van der Waals surface area contributed by atoms with Crippen LogP contribution >= 0.6 is 0 Å². The van der Waals surface area contributed by atoms with Crippen LogP contribution in [-0.2, 0) is 12.8 Å². The number of aryl methyl sites for hydroxylation is 1. The lowest BCUT2D eigenvalue weighted by molar-refractivity contribution is -0.134. The Labute approximate surface area is 208 Å². The van der Waals surface area contributed by atoms with Gasteiger partial charge in [0.25, 0.3) is 0 Å². The summed E-state index contributed by atoms with van der Waals surface area (Å²) in [5.74, 6) is -1.00. The highest BCUT2D eigenvalue weighted by Gasteiger charge is 2.27. The molecule has 0 saturated heterocycles. The van der Waals surface area contributed by atoms with Gasteiger partial charge in [-0.25, -0.2) is 4.79 Å². The number of carboxylic acid groups (broad SMARTS) is 1. The van der Waals surface area contributed by atoms with Crippen LogP contribution in [0.25, 0.3) is 0 Å². The maximum atomic E-state index is 12.5. The molecular weight excluding hydrogens is 469 g/mol. The summed E-state index contributed by atoms with van der Waals surface area (Å²) in [6.07, 6.45) is -1.13. The Hall–Kier alpha value is -3.59. The van der Waals surface area contributed by atoms with E-state index in [0.717, 1.165) is 24.3 Å². The van der Waals surface area contributed by atoms with Gasteiger partial charge in [0.05, 0.1) is 23.5 Å². The first-order valence-electron chi connectivity index (χ1n) is 11.8. The van der Waals surface area contributed by atoms with E-state index in [4.69, 9.17) is 0 Å². The Balaban J connectivity index is 1.48. The lowest BCUT2D eigenvalue weighted by atomic mass is 9.92. The largest absolute Gasteiger partial charge is 0.478 e. The highest BCUT2D eigenvalue weighted by Crippen LogP contribution is 2.34. The number of fused-ring (bicyclic) bond motifs is 1. The second-order valence-electron chi connectivity index (χ2n) is 9.08. The molecule has 1 atom stereocenters. The molecule has 1 aliphatic heterocycles. The highest BCUT2D eigenvalue weighted by molar-refractivity contribution is 5.93. The molecule has 0 fully saturated rings. The first-order valence-corrected chi connectivity index (χ1v) is 11.8. The van der Waals surface area contributed by atoms with Crippen molar-refractivity contribution in [3.63, 3.8) is 0 Å². The molecule has 6 nitrogen and oxygen atoms in total. The van der Waals surface area contributed by atoms with Crippen molar-refractivity contribution in [2.45, 2.75) is 31.5 Å². The molecule has 1 aromatic heterocycles. The number of likely N-dealkylation sites (N-methyl/N-ethyl adjacent to an activating group) is 1. The number of carbonyl (C=O) groups is 1. The van der Waals surface area contributed by atoms with Gasteiger partial charge in [0.1, 0.15) is 0 Å². The van der Waals surface area contributed by atoms with E-state index in [-0.39, 0.29) is 18.0 Å². The van der Waals surface area contributed by atoms with Gasteiger partial charge in [0.2, 0.25) is 0 Å². The fraction of sp³-hybridized carbons (Fsp3) is 0.333. The number of aromatic carboxylic acids is 1. The molecule has 9 heteroatoms. The molecule has 2 aromatic carbocycles. The van der Waals surface area contributed by atoms with Gasteiger partial charge in [-0.1, -0.05) is 18.2 Å². The Bertz CT molecular complexity index is 1210. The number of pyridine rings is 1. The van der Waals surface area contributed by atoms with Crippen LogP contribution in [0, 0.1) is 0 Å². The van der Waals surface area contributed by atoms with Crippen LogP contribution in [0.15, 0.2) is 60.9 Å². The summed E-state index contributed by atoms with van der Waals surface area (Å²) in [5, 5.41) is 12.7. The van der Waals surface area contributed by atoms with Gasteiger partial charge in [0.15, 0.2) is 0 Å². The summed E-state index contributed by atoms with van der Waals surface area (Å²) in [6.45, 7) is 1.39. The number of hydrogen-bond donors (Lipinski definition) is 2. The smallest absolute Gasteiger partial charge is 0.389 e. The van der Waals surface area contributed by atoms with E-state index in [2.05, 4.69) is 34.4 Å². The zero-order valence-electron chi connectivity index (χ0n) is 20.2. The van der Waals surface area contributed by atoms with Crippen LogP contribution in [0.3, 0.4) is 0 Å². The molecule has 4 rings (SSSR count). The van der Waals surface area contributed by atoms with Gasteiger partial charge >= 0.3 is 12.1 Å². The minimum absolute atomic E-state index is 0.0255. The van der Waals surface area contributed by atoms with E-state index < -0.39 is 18.6 Å². The Morgan fingerprint density at radius 1 is 1.17 bits per heavy atom. The summed E-state index contributed by atoms with van der Waals surface area (Å²) in [4.78, 5) is 19.8. The van der Waals surface area contributed by atoms with E-state index in [1.807, 2.05) is 30.1 Å². The Kier molecular flexibility index (Phi) is 7.49. The van der Waals surface area contributed by atoms with Crippen molar-refractivity contribution in [2.75, 3.05) is 37.4 Å². The van der Waals surface area contributed by atoms with Gasteiger partial charge in [-0.3, -0.25) is 9.88 Å². The molecule has 2 N–H and O–H groups in total. The number of nitrogens with one attached hydrogen (secondary N) is 1. The van der Waals surface area contributed by atoms with Crippen LogP contribution in [-0.4, -0.2) is 54.3 Å². The monoisotopic (exact) mass is 498 g/mol. The van der Waals surface area contributed by atoms with Crippen LogP contribution in [0.1, 0.15) is 39.5 Å². The zero-order chi connectivity index (χ0) is 25.9. The quantitative estimate of drug-likeness (QED) is 0.416. The lowest BCUT2D eigenvalue weighted by Gasteiger charge is -2.36. The van der Waals surface area contributed by atoms with Crippen molar-refractivity contribution < 1.29 is 23.1 Å². The van der Waals surface area contributed by atoms with Crippen molar-refractivity contribution >= 4 is 23.0 Å². The molecule has 1 unspecified atom stereocenters. The van der Waals surface area contributed by atoms with Gasteiger partial charge in [-0.05, 0) is 66.9 Å². The zero-order valence-corrected chi connectivity index (χ0v) is 20.2. The predicted molar refractivity (Wildman–Crippen MR) is 134 cm³/mol.